The summed E-state index contributed by atoms with van der Waals surface area (Å²) in [7, 11) is 0. The highest BCUT2D eigenvalue weighted by molar-refractivity contribution is 9.10. The number of rotatable bonds is 6. The minimum Gasteiger partial charge on any atom is -0.480 e. The zero-order valence-electron chi connectivity index (χ0n) is 10.4. The molecule has 3 nitrogen and oxygen atoms in total. The normalized spacial score (nSPS) is 14.2. The van der Waals surface area contributed by atoms with Gasteiger partial charge < -0.3 is 10.4 Å². The van der Waals surface area contributed by atoms with Crippen molar-refractivity contribution in [3.8, 4) is 0 Å². The summed E-state index contributed by atoms with van der Waals surface area (Å²) in [4.78, 5) is 11.2. The highest BCUT2D eigenvalue weighted by Crippen LogP contribution is 2.21. The molecule has 0 saturated heterocycles. The number of nitrogens with one attached hydrogen (secondary N) is 1. The Morgan fingerprint density at radius 1 is 1.56 bits per heavy atom. The number of hydrogen-bond donors (Lipinski definition) is 2. The maximum Gasteiger partial charge on any atom is 0.320 e. The second kappa shape index (κ2) is 7.12. The first-order chi connectivity index (χ1) is 8.45. The predicted molar refractivity (Wildman–Crippen MR) is 76.9 cm³/mol. The smallest absolute Gasteiger partial charge is 0.320 e. The van der Waals surface area contributed by atoms with E-state index in [1.165, 1.54) is 0 Å². The fraction of sp³-hybridized carbons (Fsp3) is 0.462. The Kier molecular flexibility index (Phi) is 6.12. The van der Waals surface area contributed by atoms with Crippen LogP contribution in [-0.2, 0) is 11.3 Å². The molecule has 5 heteroatoms. The van der Waals surface area contributed by atoms with Crippen LogP contribution in [0.3, 0.4) is 0 Å². The highest BCUT2D eigenvalue weighted by Gasteiger charge is 2.22. The van der Waals surface area contributed by atoms with Crippen molar-refractivity contribution in [2.24, 2.45) is 5.92 Å². The van der Waals surface area contributed by atoms with Gasteiger partial charge in [-0.15, -0.1) is 0 Å². The monoisotopic (exact) mass is 333 g/mol. The molecule has 0 aliphatic heterocycles. The fourth-order valence-electron chi connectivity index (χ4n) is 1.65. The second-order valence-corrected chi connectivity index (χ2v) is 5.64. The summed E-state index contributed by atoms with van der Waals surface area (Å²) in [5, 5.41) is 12.8. The Labute approximate surface area is 121 Å². The van der Waals surface area contributed by atoms with E-state index in [-0.39, 0.29) is 5.92 Å². The van der Waals surface area contributed by atoms with Gasteiger partial charge in [0, 0.05) is 16.0 Å². The van der Waals surface area contributed by atoms with Gasteiger partial charge in [0.05, 0.1) is 0 Å². The topological polar surface area (TPSA) is 49.3 Å². The van der Waals surface area contributed by atoms with Crippen LogP contribution in [0.5, 0.6) is 0 Å². The zero-order valence-corrected chi connectivity index (χ0v) is 12.8. The van der Waals surface area contributed by atoms with Gasteiger partial charge in [-0.3, -0.25) is 4.79 Å². The lowest BCUT2D eigenvalue weighted by molar-refractivity contribution is -0.140. The number of benzene rings is 1. The average Bonchev–Trinajstić information content (AvgIpc) is 2.31. The molecule has 0 heterocycles. The van der Waals surface area contributed by atoms with Crippen molar-refractivity contribution in [3.05, 3.63) is 33.3 Å². The van der Waals surface area contributed by atoms with E-state index in [4.69, 9.17) is 16.7 Å². The molecule has 2 atom stereocenters. The summed E-state index contributed by atoms with van der Waals surface area (Å²) in [5.74, 6) is -0.741. The van der Waals surface area contributed by atoms with Crippen LogP contribution in [0.4, 0.5) is 0 Å². The fourth-order valence-corrected chi connectivity index (χ4v) is 2.39. The van der Waals surface area contributed by atoms with E-state index >= 15 is 0 Å². The van der Waals surface area contributed by atoms with Gasteiger partial charge in [0.15, 0.2) is 0 Å². The maximum absolute atomic E-state index is 11.2. The molecule has 0 bridgehead atoms. The number of hydrogen-bond acceptors (Lipinski definition) is 2. The molecular formula is C13H17BrClNO2. The first-order valence-electron chi connectivity index (χ1n) is 5.85. The molecule has 0 aliphatic rings. The quantitative estimate of drug-likeness (QED) is 0.834. The van der Waals surface area contributed by atoms with Crippen LogP contribution >= 0.6 is 27.5 Å². The number of carboxylic acids is 1. The summed E-state index contributed by atoms with van der Waals surface area (Å²) >= 11 is 9.42. The Morgan fingerprint density at radius 3 is 2.72 bits per heavy atom. The summed E-state index contributed by atoms with van der Waals surface area (Å²) in [6, 6.07) is 5.03. The van der Waals surface area contributed by atoms with Gasteiger partial charge in [0.1, 0.15) is 6.04 Å². The van der Waals surface area contributed by atoms with Gasteiger partial charge in [-0.05, 0) is 23.6 Å². The highest BCUT2D eigenvalue weighted by atomic mass is 79.9. The van der Waals surface area contributed by atoms with Crippen molar-refractivity contribution >= 4 is 33.5 Å². The molecule has 0 unspecified atom stereocenters. The van der Waals surface area contributed by atoms with E-state index in [1.807, 2.05) is 26.0 Å². The van der Waals surface area contributed by atoms with Gasteiger partial charge in [-0.1, -0.05) is 53.9 Å². The van der Waals surface area contributed by atoms with Gasteiger partial charge in [0.2, 0.25) is 0 Å². The van der Waals surface area contributed by atoms with Crippen LogP contribution < -0.4 is 5.32 Å². The van der Waals surface area contributed by atoms with E-state index in [0.717, 1.165) is 16.5 Å². The number of carbonyl (C=O) groups is 1. The summed E-state index contributed by atoms with van der Waals surface area (Å²) in [5.41, 5.74) is 0.898. The lowest BCUT2D eigenvalue weighted by Gasteiger charge is -2.20. The molecule has 1 aromatic rings. The van der Waals surface area contributed by atoms with Crippen molar-refractivity contribution in [1.82, 2.24) is 5.32 Å². The van der Waals surface area contributed by atoms with Crippen LogP contribution in [0.25, 0.3) is 0 Å². The molecule has 1 rings (SSSR count). The van der Waals surface area contributed by atoms with Crippen LogP contribution in [-0.4, -0.2) is 17.1 Å². The van der Waals surface area contributed by atoms with Gasteiger partial charge in [-0.2, -0.15) is 0 Å². The minimum absolute atomic E-state index is 0.0803. The van der Waals surface area contributed by atoms with Crippen LogP contribution in [0, 0.1) is 5.92 Å². The largest absolute Gasteiger partial charge is 0.480 e. The van der Waals surface area contributed by atoms with E-state index in [2.05, 4.69) is 21.2 Å². The maximum atomic E-state index is 11.2. The number of halogens is 2. The molecule has 0 spiro atoms. The van der Waals surface area contributed by atoms with Crippen molar-refractivity contribution in [3.63, 3.8) is 0 Å². The molecule has 0 fully saturated rings. The molecule has 0 saturated carbocycles. The lowest BCUT2D eigenvalue weighted by atomic mass is 9.99. The van der Waals surface area contributed by atoms with Crippen molar-refractivity contribution in [1.29, 1.82) is 0 Å². The summed E-state index contributed by atoms with van der Waals surface area (Å²) in [6.07, 6.45) is 0.817. The Bertz CT molecular complexity index is 425. The second-order valence-electron chi connectivity index (χ2n) is 4.32. The number of carboxylic acid groups (broad SMARTS) is 1. The molecule has 2 N–H and O–H groups in total. The minimum atomic E-state index is -0.822. The molecule has 100 valence electrons. The number of aliphatic carboxylic acids is 1. The third kappa shape index (κ3) is 4.26. The first kappa shape index (κ1) is 15.5. The van der Waals surface area contributed by atoms with Crippen molar-refractivity contribution in [2.75, 3.05) is 0 Å². The Balaban J connectivity index is 2.70. The molecule has 0 radical (unpaired) electrons. The van der Waals surface area contributed by atoms with Crippen LogP contribution in [0.2, 0.25) is 5.02 Å². The third-order valence-electron chi connectivity index (χ3n) is 3.01. The molecule has 0 amide bonds. The van der Waals surface area contributed by atoms with Crippen molar-refractivity contribution in [2.45, 2.75) is 32.9 Å². The van der Waals surface area contributed by atoms with Gasteiger partial charge in [0.25, 0.3) is 0 Å². The first-order valence-corrected chi connectivity index (χ1v) is 7.03. The van der Waals surface area contributed by atoms with E-state index in [9.17, 15) is 4.79 Å². The van der Waals surface area contributed by atoms with E-state index in [0.29, 0.717) is 11.6 Å². The Hall–Kier alpha value is -0.580. The molecule has 18 heavy (non-hydrogen) atoms. The van der Waals surface area contributed by atoms with Crippen LogP contribution in [0.15, 0.2) is 22.7 Å². The van der Waals surface area contributed by atoms with E-state index < -0.39 is 12.0 Å². The Morgan fingerprint density at radius 2 is 2.22 bits per heavy atom. The predicted octanol–water partition coefficient (Wildman–Crippen LogP) is 3.69. The zero-order chi connectivity index (χ0) is 13.7. The molecular weight excluding hydrogens is 318 g/mol. The third-order valence-corrected chi connectivity index (χ3v) is 3.85. The summed E-state index contributed by atoms with van der Waals surface area (Å²) < 4.78 is 0.910. The van der Waals surface area contributed by atoms with Crippen molar-refractivity contribution < 1.29 is 9.90 Å². The molecule has 0 aliphatic carbocycles. The molecule has 0 aromatic heterocycles. The van der Waals surface area contributed by atoms with E-state index in [1.54, 1.807) is 6.07 Å². The van der Waals surface area contributed by atoms with Gasteiger partial charge in [-0.25, -0.2) is 0 Å². The van der Waals surface area contributed by atoms with Gasteiger partial charge >= 0.3 is 5.97 Å². The lowest BCUT2D eigenvalue weighted by Crippen LogP contribution is -2.41. The molecule has 1 aromatic carbocycles. The van der Waals surface area contributed by atoms with Crippen LogP contribution in [0.1, 0.15) is 25.8 Å². The SMILES string of the molecule is CC[C@H](C)[C@H](NCc1ccc(Br)cc1Cl)C(=O)O. The standard InChI is InChI=1S/C13H17BrClNO2/c1-3-8(2)12(13(17)18)16-7-9-4-5-10(14)6-11(9)15/h4-6,8,12,16H,3,7H2,1-2H3,(H,17,18)/t8-,12-/m0/s1. The average molecular weight is 335 g/mol. The summed E-state index contributed by atoms with van der Waals surface area (Å²) in [6.45, 7) is 4.36.